The maximum Gasteiger partial charge on any atom is 0.226 e. The Balaban J connectivity index is 1.63. The van der Waals surface area contributed by atoms with Gasteiger partial charge < -0.3 is 19.7 Å². The van der Waals surface area contributed by atoms with Crippen molar-refractivity contribution in [2.45, 2.75) is 63.3 Å². The van der Waals surface area contributed by atoms with Crippen LogP contribution in [0.1, 0.15) is 61.3 Å². The Kier molecular flexibility index (Phi) is 5.42. The van der Waals surface area contributed by atoms with Crippen LogP contribution < -0.4 is 4.90 Å². The van der Waals surface area contributed by atoms with Crippen molar-refractivity contribution in [1.29, 1.82) is 0 Å². The number of sulfone groups is 1. The van der Waals surface area contributed by atoms with E-state index in [-0.39, 0.29) is 30.1 Å². The molecular formula is C23H29N5O4S. The van der Waals surface area contributed by atoms with Crippen LogP contribution in [0.25, 0.3) is 11.0 Å². The number of hydrogen-bond acceptors (Lipinski definition) is 8. The van der Waals surface area contributed by atoms with Crippen molar-refractivity contribution in [1.82, 2.24) is 19.5 Å². The molecule has 1 unspecified atom stereocenters. The molecule has 3 heterocycles. The SMILES string of the molecule is CC(C)C1c2nc3cc(CO)c(S(C)(=O)=O)cc3n2CCN1c1ncc(CO)c(C2CC2)n1. The zero-order valence-electron chi connectivity index (χ0n) is 19.1. The van der Waals surface area contributed by atoms with Crippen molar-refractivity contribution in [3.8, 4) is 0 Å². The van der Waals surface area contributed by atoms with Crippen LogP contribution in [-0.2, 0) is 29.6 Å². The first-order valence-electron chi connectivity index (χ1n) is 11.3. The van der Waals surface area contributed by atoms with E-state index in [2.05, 4.69) is 28.3 Å². The maximum atomic E-state index is 12.3. The first-order chi connectivity index (χ1) is 15.7. The van der Waals surface area contributed by atoms with Crippen LogP contribution in [0.15, 0.2) is 23.2 Å². The van der Waals surface area contributed by atoms with Crippen LogP contribution in [0.3, 0.4) is 0 Å². The van der Waals surface area contributed by atoms with Crippen LogP contribution in [0.5, 0.6) is 0 Å². The van der Waals surface area contributed by atoms with Crippen LogP contribution >= 0.6 is 0 Å². The Morgan fingerprint density at radius 2 is 1.82 bits per heavy atom. The molecule has 0 radical (unpaired) electrons. The van der Waals surface area contributed by atoms with E-state index in [1.807, 2.05) is 0 Å². The fraction of sp³-hybridized carbons (Fsp3) is 0.522. The number of fused-ring (bicyclic) bond motifs is 3. The summed E-state index contributed by atoms with van der Waals surface area (Å²) in [5, 5.41) is 19.5. The second-order valence-electron chi connectivity index (χ2n) is 9.40. The van der Waals surface area contributed by atoms with Crippen LogP contribution in [0, 0.1) is 5.92 Å². The zero-order valence-corrected chi connectivity index (χ0v) is 19.9. The van der Waals surface area contributed by atoms with Gasteiger partial charge in [0.1, 0.15) is 5.82 Å². The highest BCUT2D eigenvalue weighted by Crippen LogP contribution is 2.42. The molecule has 10 heteroatoms. The van der Waals surface area contributed by atoms with Gasteiger partial charge in [0, 0.05) is 37.0 Å². The third kappa shape index (κ3) is 3.79. The Morgan fingerprint density at radius 3 is 2.42 bits per heavy atom. The maximum absolute atomic E-state index is 12.3. The summed E-state index contributed by atoms with van der Waals surface area (Å²) < 4.78 is 26.7. The molecule has 0 saturated heterocycles. The van der Waals surface area contributed by atoms with Crippen molar-refractivity contribution in [2.24, 2.45) is 5.92 Å². The summed E-state index contributed by atoms with van der Waals surface area (Å²) in [5.41, 5.74) is 3.51. The highest BCUT2D eigenvalue weighted by molar-refractivity contribution is 7.90. The average Bonchev–Trinajstić information content (AvgIpc) is 3.56. The molecule has 1 atom stereocenters. The summed E-state index contributed by atoms with van der Waals surface area (Å²) >= 11 is 0. The molecule has 5 rings (SSSR count). The lowest BCUT2D eigenvalue weighted by atomic mass is 10.00. The van der Waals surface area contributed by atoms with E-state index in [9.17, 15) is 18.6 Å². The number of imidazole rings is 1. The van der Waals surface area contributed by atoms with Crippen LogP contribution in [0.2, 0.25) is 0 Å². The lowest BCUT2D eigenvalue weighted by Crippen LogP contribution is -2.42. The van der Waals surface area contributed by atoms with Gasteiger partial charge in [0.15, 0.2) is 9.84 Å². The summed E-state index contributed by atoms with van der Waals surface area (Å²) in [6.45, 7) is 5.08. The fourth-order valence-electron chi connectivity index (χ4n) is 4.89. The predicted molar refractivity (Wildman–Crippen MR) is 124 cm³/mol. The number of hydrogen-bond donors (Lipinski definition) is 2. The number of aromatic nitrogens is 4. The molecule has 0 spiro atoms. The molecule has 0 amide bonds. The lowest BCUT2D eigenvalue weighted by Gasteiger charge is -2.38. The zero-order chi connectivity index (χ0) is 23.5. The Morgan fingerprint density at radius 1 is 1.09 bits per heavy atom. The van der Waals surface area contributed by atoms with Gasteiger partial charge in [0.05, 0.1) is 40.9 Å². The molecule has 1 aromatic carbocycles. The number of anilines is 1. The van der Waals surface area contributed by atoms with Gasteiger partial charge in [-0.05, 0) is 36.5 Å². The second-order valence-corrected chi connectivity index (χ2v) is 11.4. The number of aliphatic hydroxyl groups excluding tert-OH is 2. The Labute approximate surface area is 193 Å². The highest BCUT2D eigenvalue weighted by atomic mass is 32.2. The molecule has 176 valence electrons. The molecule has 0 bridgehead atoms. The minimum Gasteiger partial charge on any atom is -0.392 e. The molecule has 1 saturated carbocycles. The molecule has 3 aromatic rings. The monoisotopic (exact) mass is 471 g/mol. The molecule has 1 fully saturated rings. The van der Waals surface area contributed by atoms with Crippen molar-refractivity contribution >= 4 is 26.8 Å². The number of nitrogens with zero attached hydrogens (tertiary/aromatic N) is 5. The topological polar surface area (TPSA) is 121 Å². The van der Waals surface area contributed by atoms with E-state index in [1.165, 1.54) is 0 Å². The number of aliphatic hydroxyl groups is 2. The molecule has 2 aromatic heterocycles. The predicted octanol–water partition coefficient (Wildman–Crippen LogP) is 2.31. The quantitative estimate of drug-likeness (QED) is 0.562. The molecular weight excluding hydrogens is 442 g/mol. The van der Waals surface area contributed by atoms with Gasteiger partial charge >= 0.3 is 0 Å². The molecule has 33 heavy (non-hydrogen) atoms. The summed E-state index contributed by atoms with van der Waals surface area (Å²) in [6.07, 6.45) is 5.06. The van der Waals surface area contributed by atoms with Gasteiger partial charge in [-0.2, -0.15) is 0 Å². The van der Waals surface area contributed by atoms with Crippen molar-refractivity contribution < 1.29 is 18.6 Å². The first-order valence-corrected chi connectivity index (χ1v) is 13.2. The molecule has 1 aliphatic carbocycles. The van der Waals surface area contributed by atoms with Gasteiger partial charge in [0.25, 0.3) is 0 Å². The highest BCUT2D eigenvalue weighted by Gasteiger charge is 2.36. The fourth-order valence-corrected chi connectivity index (χ4v) is 5.82. The molecule has 9 nitrogen and oxygen atoms in total. The van der Waals surface area contributed by atoms with Crippen molar-refractivity contribution in [3.63, 3.8) is 0 Å². The minimum absolute atomic E-state index is 0.0641. The average molecular weight is 472 g/mol. The first kappa shape index (κ1) is 22.2. The van der Waals surface area contributed by atoms with Crippen molar-refractivity contribution in [2.75, 3.05) is 17.7 Å². The Hall–Kier alpha value is -2.56. The van der Waals surface area contributed by atoms with E-state index in [0.717, 1.165) is 41.7 Å². The summed E-state index contributed by atoms with van der Waals surface area (Å²) in [5.74, 6) is 2.06. The normalized spacial score (nSPS) is 18.8. The minimum atomic E-state index is -3.49. The standard InChI is InChI=1S/C23H29N5O4S/c1-13(2)21-22-25-17-8-15(11-29)19(33(3,31)32)9-18(17)27(22)6-7-28(21)23-24-10-16(12-30)20(26-23)14-4-5-14/h8-10,13-14,21,29-30H,4-7,11-12H2,1-3H3. The summed E-state index contributed by atoms with van der Waals surface area (Å²) in [6, 6.07) is 3.21. The Bertz CT molecular complexity index is 1330. The third-order valence-electron chi connectivity index (χ3n) is 6.60. The van der Waals surface area contributed by atoms with Gasteiger partial charge in [-0.25, -0.2) is 23.4 Å². The number of rotatable bonds is 6. The largest absolute Gasteiger partial charge is 0.392 e. The summed E-state index contributed by atoms with van der Waals surface area (Å²) in [4.78, 5) is 16.6. The van der Waals surface area contributed by atoms with Gasteiger partial charge in [0.2, 0.25) is 5.95 Å². The van der Waals surface area contributed by atoms with Gasteiger partial charge in [-0.3, -0.25) is 0 Å². The van der Waals surface area contributed by atoms with Crippen LogP contribution in [-0.4, -0.2) is 51.0 Å². The third-order valence-corrected chi connectivity index (χ3v) is 7.78. The molecule has 2 aliphatic rings. The molecule has 1 aliphatic heterocycles. The number of benzene rings is 1. The van der Waals surface area contributed by atoms with Crippen LogP contribution in [0.4, 0.5) is 5.95 Å². The lowest BCUT2D eigenvalue weighted by molar-refractivity contribution is 0.278. The van der Waals surface area contributed by atoms with Gasteiger partial charge in [-0.1, -0.05) is 13.8 Å². The second kappa shape index (κ2) is 8.03. The van der Waals surface area contributed by atoms with E-state index in [4.69, 9.17) is 9.97 Å². The van der Waals surface area contributed by atoms with E-state index >= 15 is 0 Å². The smallest absolute Gasteiger partial charge is 0.226 e. The summed E-state index contributed by atoms with van der Waals surface area (Å²) in [7, 11) is -3.49. The van der Waals surface area contributed by atoms with Gasteiger partial charge in [-0.15, -0.1) is 0 Å². The van der Waals surface area contributed by atoms with E-state index < -0.39 is 9.84 Å². The van der Waals surface area contributed by atoms with E-state index in [0.29, 0.717) is 36.0 Å². The molecule has 2 N–H and O–H groups in total. The van der Waals surface area contributed by atoms with Crippen molar-refractivity contribution in [3.05, 3.63) is 41.0 Å². The van der Waals surface area contributed by atoms with E-state index in [1.54, 1.807) is 18.3 Å².